The first kappa shape index (κ1) is 20.6. The second-order valence-electron chi connectivity index (χ2n) is 9.90. The number of piperidine rings is 1. The maximum absolute atomic E-state index is 12.7. The number of carbonyl (C=O) groups excluding carboxylic acids is 3. The van der Waals surface area contributed by atoms with Crippen molar-refractivity contribution in [1.82, 2.24) is 15.5 Å². The van der Waals surface area contributed by atoms with Crippen LogP contribution in [0.1, 0.15) is 65.2 Å². The minimum atomic E-state index is -0.450. The number of nitrogens with one attached hydrogen (secondary N) is 2. The van der Waals surface area contributed by atoms with Crippen LogP contribution in [0.5, 0.6) is 0 Å². The van der Waals surface area contributed by atoms with Crippen molar-refractivity contribution in [3.63, 3.8) is 0 Å². The molecule has 2 N–H and O–H groups in total. The van der Waals surface area contributed by atoms with Gasteiger partial charge in [0, 0.05) is 12.1 Å². The van der Waals surface area contributed by atoms with Gasteiger partial charge in [0.05, 0.1) is 18.6 Å². The molecule has 0 radical (unpaired) electrons. The predicted octanol–water partition coefficient (Wildman–Crippen LogP) is 2.44. The number of amides is 3. The van der Waals surface area contributed by atoms with E-state index in [-0.39, 0.29) is 29.4 Å². The molecule has 1 saturated heterocycles. The molecule has 5 rings (SSSR count). The fourth-order valence-electron chi connectivity index (χ4n) is 6.73. The molecule has 29 heavy (non-hydrogen) atoms. The van der Waals surface area contributed by atoms with Crippen molar-refractivity contribution in [2.75, 3.05) is 19.7 Å². The number of ether oxygens (including phenoxy) is 1. The summed E-state index contributed by atoms with van der Waals surface area (Å²) in [6.07, 6.45) is 8.76. The molecule has 4 aliphatic carbocycles. The zero-order chi connectivity index (χ0) is 20.6. The third kappa shape index (κ3) is 4.44. The number of rotatable bonds is 5. The largest absolute Gasteiger partial charge is 0.466 e. The molecule has 162 valence electrons. The molecule has 0 aromatic heterocycles. The number of esters is 1. The van der Waals surface area contributed by atoms with E-state index in [4.69, 9.17) is 4.74 Å². The highest BCUT2D eigenvalue weighted by Crippen LogP contribution is 2.55. The molecule has 7 heteroatoms. The lowest BCUT2D eigenvalue weighted by Crippen LogP contribution is -2.62. The van der Waals surface area contributed by atoms with Gasteiger partial charge in [0.2, 0.25) is 5.91 Å². The van der Waals surface area contributed by atoms with Crippen molar-refractivity contribution in [3.8, 4) is 0 Å². The van der Waals surface area contributed by atoms with Crippen molar-refractivity contribution < 1.29 is 19.1 Å². The van der Waals surface area contributed by atoms with Crippen LogP contribution in [0.25, 0.3) is 0 Å². The molecule has 4 bridgehead atoms. The SMILES string of the molecule is CCOC(=O)[C@@H]1CCCN([C@@H](C)C(=O)NC(=O)NC23CC4CC(CC(C4)C2)C3)C1. The summed E-state index contributed by atoms with van der Waals surface area (Å²) >= 11 is 0. The normalized spacial score (nSPS) is 37.0. The van der Waals surface area contributed by atoms with E-state index in [2.05, 4.69) is 10.6 Å². The fraction of sp³-hybridized carbons (Fsp3) is 0.864. The number of likely N-dealkylation sites (tertiary alicyclic amines) is 1. The van der Waals surface area contributed by atoms with E-state index in [0.717, 1.165) is 56.4 Å². The lowest BCUT2D eigenvalue weighted by molar-refractivity contribution is -0.151. The highest BCUT2D eigenvalue weighted by Gasteiger charge is 2.51. The van der Waals surface area contributed by atoms with Crippen molar-refractivity contribution in [1.29, 1.82) is 0 Å². The molecular weight excluding hydrogens is 370 g/mol. The Bertz CT molecular complexity index is 629. The van der Waals surface area contributed by atoms with E-state index < -0.39 is 6.04 Å². The smallest absolute Gasteiger partial charge is 0.321 e. The summed E-state index contributed by atoms with van der Waals surface area (Å²) in [5.74, 6) is 1.54. The molecule has 0 aromatic carbocycles. The molecular formula is C22H35N3O4. The molecule has 2 atom stereocenters. The molecule has 7 nitrogen and oxygen atoms in total. The Balaban J connectivity index is 1.29. The Morgan fingerprint density at radius 1 is 1.10 bits per heavy atom. The van der Waals surface area contributed by atoms with Gasteiger partial charge in [-0.15, -0.1) is 0 Å². The zero-order valence-electron chi connectivity index (χ0n) is 17.7. The molecule has 5 aliphatic rings. The predicted molar refractivity (Wildman–Crippen MR) is 108 cm³/mol. The molecule has 4 saturated carbocycles. The van der Waals surface area contributed by atoms with Crippen molar-refractivity contribution >= 4 is 17.9 Å². The standard InChI is InChI=1S/C22H35N3O4/c1-3-29-20(27)18-5-4-6-25(13-18)14(2)19(26)23-21(28)24-22-10-15-7-16(11-22)9-17(8-15)12-22/h14-18H,3-13H2,1-2H3,(H2,23,24,26,28)/t14-,15?,16?,17?,18+,22?/m0/s1. The second kappa shape index (κ2) is 8.25. The van der Waals surface area contributed by atoms with E-state index >= 15 is 0 Å². The molecule has 0 unspecified atom stereocenters. The Morgan fingerprint density at radius 2 is 1.72 bits per heavy atom. The molecule has 1 heterocycles. The van der Waals surface area contributed by atoms with Gasteiger partial charge in [0.1, 0.15) is 0 Å². The van der Waals surface area contributed by atoms with Crippen LogP contribution in [-0.2, 0) is 14.3 Å². The second-order valence-corrected chi connectivity index (χ2v) is 9.90. The Kier molecular flexibility index (Phi) is 5.87. The third-order valence-electron chi connectivity index (χ3n) is 7.65. The number of nitrogens with zero attached hydrogens (tertiary/aromatic N) is 1. The first-order valence-corrected chi connectivity index (χ1v) is 11.4. The van der Waals surface area contributed by atoms with Gasteiger partial charge in [-0.25, -0.2) is 4.79 Å². The van der Waals surface area contributed by atoms with Crippen LogP contribution in [-0.4, -0.2) is 54.1 Å². The summed E-state index contributed by atoms with van der Waals surface area (Å²) in [5, 5.41) is 5.77. The summed E-state index contributed by atoms with van der Waals surface area (Å²) in [6.45, 7) is 5.23. The third-order valence-corrected chi connectivity index (χ3v) is 7.65. The number of hydrogen-bond acceptors (Lipinski definition) is 5. The quantitative estimate of drug-likeness (QED) is 0.686. The summed E-state index contributed by atoms with van der Waals surface area (Å²) < 4.78 is 5.14. The molecule has 5 fully saturated rings. The average Bonchev–Trinajstić information content (AvgIpc) is 2.66. The monoisotopic (exact) mass is 405 g/mol. The number of carbonyl (C=O) groups is 3. The topological polar surface area (TPSA) is 87.7 Å². The zero-order valence-corrected chi connectivity index (χ0v) is 17.7. The van der Waals surface area contributed by atoms with Crippen LogP contribution in [0.4, 0.5) is 4.79 Å². The molecule has 1 aliphatic heterocycles. The lowest BCUT2D eigenvalue weighted by atomic mass is 9.53. The van der Waals surface area contributed by atoms with Crippen molar-refractivity contribution in [2.45, 2.75) is 76.8 Å². The van der Waals surface area contributed by atoms with E-state index in [1.807, 2.05) is 4.90 Å². The molecule has 0 spiro atoms. The number of urea groups is 1. The van der Waals surface area contributed by atoms with E-state index in [0.29, 0.717) is 13.2 Å². The highest BCUT2D eigenvalue weighted by atomic mass is 16.5. The molecule has 0 aromatic rings. The maximum atomic E-state index is 12.7. The Hall–Kier alpha value is -1.63. The number of imide groups is 1. The van der Waals surface area contributed by atoms with Crippen molar-refractivity contribution in [2.24, 2.45) is 23.7 Å². The van der Waals surface area contributed by atoms with Gasteiger partial charge in [-0.1, -0.05) is 0 Å². The van der Waals surface area contributed by atoms with Crippen LogP contribution in [0.2, 0.25) is 0 Å². The van der Waals surface area contributed by atoms with Crippen molar-refractivity contribution in [3.05, 3.63) is 0 Å². The van der Waals surface area contributed by atoms with E-state index in [9.17, 15) is 14.4 Å². The van der Waals surface area contributed by atoms with Crippen LogP contribution < -0.4 is 10.6 Å². The van der Waals surface area contributed by atoms with Gasteiger partial charge < -0.3 is 10.1 Å². The summed E-state index contributed by atoms with van der Waals surface area (Å²) in [4.78, 5) is 39.4. The van der Waals surface area contributed by atoms with Gasteiger partial charge in [0.15, 0.2) is 0 Å². The first-order valence-electron chi connectivity index (χ1n) is 11.4. The van der Waals surface area contributed by atoms with Gasteiger partial charge >= 0.3 is 12.0 Å². The minimum absolute atomic E-state index is 0.109. The summed E-state index contributed by atoms with van der Waals surface area (Å²) in [5.41, 5.74) is -0.109. The lowest BCUT2D eigenvalue weighted by Gasteiger charge is -2.56. The Morgan fingerprint density at radius 3 is 2.31 bits per heavy atom. The van der Waals surface area contributed by atoms with Crippen LogP contribution in [0, 0.1) is 23.7 Å². The van der Waals surface area contributed by atoms with Gasteiger partial charge in [-0.3, -0.25) is 19.8 Å². The van der Waals surface area contributed by atoms with Gasteiger partial charge in [-0.05, 0) is 89.5 Å². The fourth-order valence-corrected chi connectivity index (χ4v) is 6.73. The van der Waals surface area contributed by atoms with Crippen LogP contribution in [0.15, 0.2) is 0 Å². The summed E-state index contributed by atoms with van der Waals surface area (Å²) in [6, 6.07) is -0.808. The van der Waals surface area contributed by atoms with Gasteiger partial charge in [0.25, 0.3) is 0 Å². The number of hydrogen-bond donors (Lipinski definition) is 2. The highest BCUT2D eigenvalue weighted by molar-refractivity contribution is 5.97. The Labute approximate surface area is 173 Å². The van der Waals surface area contributed by atoms with E-state index in [1.165, 1.54) is 19.3 Å². The minimum Gasteiger partial charge on any atom is -0.466 e. The van der Waals surface area contributed by atoms with Crippen LogP contribution >= 0.6 is 0 Å². The molecule has 3 amide bonds. The van der Waals surface area contributed by atoms with Crippen LogP contribution in [0.3, 0.4) is 0 Å². The average molecular weight is 406 g/mol. The first-order chi connectivity index (χ1) is 13.9. The maximum Gasteiger partial charge on any atom is 0.321 e. The van der Waals surface area contributed by atoms with Gasteiger partial charge in [-0.2, -0.15) is 0 Å². The summed E-state index contributed by atoms with van der Waals surface area (Å²) in [7, 11) is 0. The van der Waals surface area contributed by atoms with E-state index in [1.54, 1.807) is 13.8 Å².